The highest BCUT2D eigenvalue weighted by molar-refractivity contribution is 6.03. The Morgan fingerprint density at radius 1 is 1.47 bits per heavy atom. The molecule has 0 aliphatic heterocycles. The fraction of sp³-hybridized carbons (Fsp3) is 0.231. The maximum absolute atomic E-state index is 12.0. The molecule has 1 amide bonds. The highest BCUT2D eigenvalue weighted by atomic mass is 16.1. The highest BCUT2D eigenvalue weighted by Gasteiger charge is 2.09. The maximum atomic E-state index is 12.0. The van der Waals surface area contributed by atoms with Gasteiger partial charge >= 0.3 is 0 Å². The molecule has 1 N–H and O–H groups in total. The SMILES string of the molecule is CCCn1nccc1NC(=O)c1ccc(C#N)nc1. The summed E-state index contributed by atoms with van der Waals surface area (Å²) in [5.74, 6) is 0.381. The third-order valence-corrected chi connectivity index (χ3v) is 2.53. The summed E-state index contributed by atoms with van der Waals surface area (Å²) < 4.78 is 1.73. The van der Waals surface area contributed by atoms with E-state index in [9.17, 15) is 4.79 Å². The topological polar surface area (TPSA) is 83.6 Å². The van der Waals surface area contributed by atoms with Crippen LogP contribution in [0.25, 0.3) is 0 Å². The van der Waals surface area contributed by atoms with Crippen LogP contribution >= 0.6 is 0 Å². The molecule has 2 rings (SSSR count). The van der Waals surface area contributed by atoms with Crippen molar-refractivity contribution in [1.29, 1.82) is 5.26 Å². The number of aryl methyl sites for hydroxylation is 1. The fourth-order valence-corrected chi connectivity index (χ4v) is 1.61. The van der Waals surface area contributed by atoms with E-state index in [1.165, 1.54) is 12.3 Å². The van der Waals surface area contributed by atoms with E-state index in [1.54, 1.807) is 23.0 Å². The van der Waals surface area contributed by atoms with Crippen molar-refractivity contribution in [2.45, 2.75) is 19.9 Å². The van der Waals surface area contributed by atoms with Crippen LogP contribution in [0.1, 0.15) is 29.4 Å². The summed E-state index contributed by atoms with van der Waals surface area (Å²) >= 11 is 0. The van der Waals surface area contributed by atoms with Crippen molar-refractivity contribution in [3.8, 4) is 6.07 Å². The van der Waals surface area contributed by atoms with Gasteiger partial charge in [0, 0.05) is 18.8 Å². The lowest BCUT2D eigenvalue weighted by Gasteiger charge is -2.07. The number of anilines is 1. The predicted octanol–water partition coefficient (Wildman–Crippen LogP) is 1.81. The van der Waals surface area contributed by atoms with Gasteiger partial charge in [-0.05, 0) is 18.6 Å². The minimum absolute atomic E-state index is 0.269. The van der Waals surface area contributed by atoms with Crippen molar-refractivity contribution in [3.05, 3.63) is 41.9 Å². The number of pyridine rings is 1. The van der Waals surface area contributed by atoms with Crippen molar-refractivity contribution in [2.75, 3.05) is 5.32 Å². The van der Waals surface area contributed by atoms with E-state index in [-0.39, 0.29) is 11.6 Å². The predicted molar refractivity (Wildman–Crippen MR) is 69.4 cm³/mol. The Hall–Kier alpha value is -2.68. The van der Waals surface area contributed by atoms with Crippen LogP contribution in [0.5, 0.6) is 0 Å². The van der Waals surface area contributed by atoms with Gasteiger partial charge in [0.05, 0.1) is 11.8 Å². The van der Waals surface area contributed by atoms with Crippen LogP contribution in [0.15, 0.2) is 30.6 Å². The number of hydrogen-bond donors (Lipinski definition) is 1. The van der Waals surface area contributed by atoms with E-state index < -0.39 is 0 Å². The molecule has 0 radical (unpaired) electrons. The molecule has 0 unspecified atom stereocenters. The molecule has 2 heterocycles. The van der Waals surface area contributed by atoms with Crippen molar-refractivity contribution >= 4 is 11.7 Å². The van der Waals surface area contributed by atoms with Gasteiger partial charge < -0.3 is 5.32 Å². The van der Waals surface area contributed by atoms with Gasteiger partial charge in [0.25, 0.3) is 5.91 Å². The summed E-state index contributed by atoms with van der Waals surface area (Å²) in [7, 11) is 0. The van der Waals surface area contributed by atoms with Crippen LogP contribution < -0.4 is 5.32 Å². The third-order valence-electron chi connectivity index (χ3n) is 2.53. The number of carbonyl (C=O) groups is 1. The normalized spacial score (nSPS) is 9.89. The van der Waals surface area contributed by atoms with Gasteiger partial charge in [-0.2, -0.15) is 10.4 Å². The van der Waals surface area contributed by atoms with Crippen LogP contribution in [0.2, 0.25) is 0 Å². The largest absolute Gasteiger partial charge is 0.307 e. The number of amides is 1. The maximum Gasteiger partial charge on any atom is 0.258 e. The average Bonchev–Trinajstić information content (AvgIpc) is 2.86. The summed E-state index contributed by atoms with van der Waals surface area (Å²) in [6.45, 7) is 2.78. The van der Waals surface area contributed by atoms with Crippen molar-refractivity contribution in [3.63, 3.8) is 0 Å². The number of nitrogens with one attached hydrogen (secondary N) is 1. The Morgan fingerprint density at radius 2 is 2.32 bits per heavy atom. The van der Waals surface area contributed by atoms with Crippen LogP contribution in [0.4, 0.5) is 5.82 Å². The van der Waals surface area contributed by atoms with E-state index in [0.717, 1.165) is 13.0 Å². The highest BCUT2D eigenvalue weighted by Crippen LogP contribution is 2.09. The molecule has 2 aromatic rings. The zero-order valence-electron chi connectivity index (χ0n) is 10.5. The average molecular weight is 255 g/mol. The van der Waals surface area contributed by atoms with E-state index in [2.05, 4.69) is 15.4 Å². The van der Waals surface area contributed by atoms with Gasteiger partial charge in [-0.15, -0.1) is 0 Å². The molecule has 0 saturated carbocycles. The molecule has 6 nitrogen and oxygen atoms in total. The van der Waals surface area contributed by atoms with E-state index >= 15 is 0 Å². The first-order valence-electron chi connectivity index (χ1n) is 5.94. The fourth-order valence-electron chi connectivity index (χ4n) is 1.61. The Kier molecular flexibility index (Phi) is 3.88. The summed E-state index contributed by atoms with van der Waals surface area (Å²) in [6.07, 6.45) is 3.96. The zero-order valence-corrected chi connectivity index (χ0v) is 10.5. The van der Waals surface area contributed by atoms with Crippen LogP contribution in [0, 0.1) is 11.3 Å². The molecular formula is C13H13N5O. The van der Waals surface area contributed by atoms with Crippen LogP contribution in [-0.2, 0) is 6.54 Å². The van der Waals surface area contributed by atoms with Gasteiger partial charge in [0.15, 0.2) is 0 Å². The summed E-state index contributed by atoms with van der Waals surface area (Å²) in [5, 5.41) is 15.5. The molecule has 0 aromatic carbocycles. The van der Waals surface area contributed by atoms with Crippen LogP contribution in [-0.4, -0.2) is 20.7 Å². The summed E-state index contributed by atoms with van der Waals surface area (Å²) in [5.41, 5.74) is 0.691. The lowest BCUT2D eigenvalue weighted by molar-refractivity contribution is 0.102. The molecular weight excluding hydrogens is 242 g/mol. The second-order valence-corrected chi connectivity index (χ2v) is 3.94. The molecule has 0 atom stereocenters. The molecule has 6 heteroatoms. The van der Waals surface area contributed by atoms with E-state index in [0.29, 0.717) is 11.4 Å². The number of rotatable bonds is 4. The molecule has 0 bridgehead atoms. The minimum Gasteiger partial charge on any atom is -0.307 e. The van der Waals surface area contributed by atoms with E-state index in [4.69, 9.17) is 5.26 Å². The minimum atomic E-state index is -0.269. The molecule has 2 aromatic heterocycles. The molecule has 0 saturated heterocycles. The Labute approximate surface area is 110 Å². The molecule has 19 heavy (non-hydrogen) atoms. The first-order valence-corrected chi connectivity index (χ1v) is 5.94. The molecule has 96 valence electrons. The lowest BCUT2D eigenvalue weighted by atomic mass is 10.2. The molecule has 0 aliphatic rings. The number of aromatic nitrogens is 3. The summed E-state index contributed by atoms with van der Waals surface area (Å²) in [6, 6.07) is 6.73. The van der Waals surface area contributed by atoms with Gasteiger partial charge in [-0.25, -0.2) is 9.67 Å². The second kappa shape index (κ2) is 5.78. The van der Waals surface area contributed by atoms with Crippen molar-refractivity contribution < 1.29 is 4.79 Å². The number of carbonyl (C=O) groups excluding carboxylic acids is 1. The first-order chi connectivity index (χ1) is 9.24. The zero-order chi connectivity index (χ0) is 13.7. The molecule has 0 spiro atoms. The first kappa shape index (κ1) is 12.8. The standard InChI is InChI=1S/C13H13N5O/c1-2-7-18-12(5-6-16-18)17-13(19)10-3-4-11(8-14)15-9-10/h3-6,9H,2,7H2,1H3,(H,17,19). The van der Waals surface area contributed by atoms with Crippen LogP contribution in [0.3, 0.4) is 0 Å². The van der Waals surface area contributed by atoms with Gasteiger partial charge in [-0.3, -0.25) is 4.79 Å². The van der Waals surface area contributed by atoms with E-state index in [1.807, 2.05) is 13.0 Å². The summed E-state index contributed by atoms with van der Waals surface area (Å²) in [4.78, 5) is 15.9. The van der Waals surface area contributed by atoms with Gasteiger partial charge in [0.2, 0.25) is 0 Å². The number of hydrogen-bond acceptors (Lipinski definition) is 4. The Bertz CT molecular complexity index is 609. The smallest absolute Gasteiger partial charge is 0.258 e. The monoisotopic (exact) mass is 255 g/mol. The molecule has 0 fully saturated rings. The Morgan fingerprint density at radius 3 is 2.95 bits per heavy atom. The quantitative estimate of drug-likeness (QED) is 0.903. The van der Waals surface area contributed by atoms with Gasteiger partial charge in [-0.1, -0.05) is 6.92 Å². The number of nitrogens with zero attached hydrogens (tertiary/aromatic N) is 4. The van der Waals surface area contributed by atoms with Gasteiger partial charge in [0.1, 0.15) is 17.6 Å². The second-order valence-electron chi connectivity index (χ2n) is 3.94. The lowest BCUT2D eigenvalue weighted by Crippen LogP contribution is -2.16. The Balaban J connectivity index is 2.12. The third kappa shape index (κ3) is 2.96. The number of nitriles is 1. The van der Waals surface area contributed by atoms with Crippen molar-refractivity contribution in [2.24, 2.45) is 0 Å². The molecule has 0 aliphatic carbocycles. The van der Waals surface area contributed by atoms with Crippen molar-refractivity contribution in [1.82, 2.24) is 14.8 Å².